The number of aromatic nitrogens is 2. The first kappa shape index (κ1) is 18.4. The number of phenols is 1. The van der Waals surface area contributed by atoms with Crippen molar-refractivity contribution in [2.45, 2.75) is 26.0 Å². The van der Waals surface area contributed by atoms with Crippen LogP contribution in [0.5, 0.6) is 5.75 Å². The summed E-state index contributed by atoms with van der Waals surface area (Å²) < 4.78 is 0. The largest absolute Gasteiger partial charge is 0.508 e. The molecule has 0 radical (unpaired) electrons. The predicted octanol–water partition coefficient (Wildman–Crippen LogP) is 4.91. The van der Waals surface area contributed by atoms with Crippen LogP contribution in [0.3, 0.4) is 0 Å². The van der Waals surface area contributed by atoms with Crippen molar-refractivity contribution in [3.8, 4) is 16.9 Å². The Kier molecular flexibility index (Phi) is 4.98. The van der Waals surface area contributed by atoms with E-state index in [1.54, 1.807) is 41.9 Å². The lowest BCUT2D eigenvalue weighted by Gasteiger charge is -2.21. The molecular formula is C22H21N3O2S. The van der Waals surface area contributed by atoms with Crippen molar-refractivity contribution in [2.75, 3.05) is 5.32 Å². The van der Waals surface area contributed by atoms with E-state index in [2.05, 4.69) is 51.9 Å². The normalized spacial score (nSPS) is 13.4. The highest BCUT2D eigenvalue weighted by Crippen LogP contribution is 2.37. The lowest BCUT2D eigenvalue weighted by molar-refractivity contribution is 0.160. The Hall–Kier alpha value is -2.96. The second-order valence-corrected chi connectivity index (χ2v) is 7.75. The van der Waals surface area contributed by atoms with E-state index >= 15 is 0 Å². The van der Waals surface area contributed by atoms with Crippen LogP contribution in [0.25, 0.3) is 21.3 Å². The van der Waals surface area contributed by atoms with Gasteiger partial charge in [0.05, 0.1) is 17.5 Å². The molecule has 142 valence electrons. The molecule has 6 heteroatoms. The van der Waals surface area contributed by atoms with Gasteiger partial charge in [-0.2, -0.15) is 0 Å². The molecule has 2 atom stereocenters. The Morgan fingerprint density at radius 2 is 1.71 bits per heavy atom. The molecular weight excluding hydrogens is 370 g/mol. The lowest BCUT2D eigenvalue weighted by Crippen LogP contribution is -2.24. The van der Waals surface area contributed by atoms with Gasteiger partial charge in [-0.15, -0.1) is 11.3 Å². The molecule has 4 rings (SSSR count). The van der Waals surface area contributed by atoms with Gasteiger partial charge < -0.3 is 15.5 Å². The van der Waals surface area contributed by atoms with E-state index < -0.39 is 6.10 Å². The number of aliphatic hydroxyl groups is 1. The second kappa shape index (κ2) is 7.58. The predicted molar refractivity (Wildman–Crippen MR) is 114 cm³/mol. The Bertz CT molecular complexity index is 1090. The number of aliphatic hydroxyl groups excluding tert-OH is 1. The van der Waals surface area contributed by atoms with Crippen molar-refractivity contribution in [1.82, 2.24) is 9.97 Å². The number of aryl methyl sites for hydroxylation is 1. The summed E-state index contributed by atoms with van der Waals surface area (Å²) in [5, 5.41) is 26.5. The molecule has 4 aromatic rings. The van der Waals surface area contributed by atoms with Crippen molar-refractivity contribution in [3.05, 3.63) is 71.4 Å². The number of phenolic OH excluding ortho intramolecular Hbond substituents is 1. The van der Waals surface area contributed by atoms with Crippen LogP contribution in [-0.2, 0) is 0 Å². The second-order valence-electron chi connectivity index (χ2n) is 6.89. The van der Waals surface area contributed by atoms with E-state index in [1.165, 1.54) is 5.56 Å². The molecule has 5 nitrogen and oxygen atoms in total. The smallest absolute Gasteiger partial charge is 0.139 e. The van der Waals surface area contributed by atoms with Gasteiger partial charge in [-0.1, -0.05) is 42.0 Å². The van der Waals surface area contributed by atoms with Gasteiger partial charge in [-0.25, -0.2) is 9.97 Å². The van der Waals surface area contributed by atoms with E-state index in [0.29, 0.717) is 5.82 Å². The topological polar surface area (TPSA) is 78.3 Å². The van der Waals surface area contributed by atoms with E-state index in [0.717, 1.165) is 26.9 Å². The van der Waals surface area contributed by atoms with Crippen molar-refractivity contribution in [3.63, 3.8) is 0 Å². The SMILES string of the molecule is Cc1ccc(-c2csc3ncnc(NC(C)C(O)c4ccc(O)cc4)c23)cc1. The van der Waals surface area contributed by atoms with E-state index in [-0.39, 0.29) is 11.8 Å². The number of aromatic hydroxyl groups is 1. The minimum Gasteiger partial charge on any atom is -0.508 e. The minimum absolute atomic E-state index is 0.176. The van der Waals surface area contributed by atoms with Crippen LogP contribution in [-0.4, -0.2) is 26.2 Å². The average Bonchev–Trinajstić information content (AvgIpc) is 3.14. The minimum atomic E-state index is -0.743. The van der Waals surface area contributed by atoms with Crippen LogP contribution < -0.4 is 5.32 Å². The third-order valence-corrected chi connectivity index (χ3v) is 5.69. The van der Waals surface area contributed by atoms with Gasteiger partial charge >= 0.3 is 0 Å². The molecule has 0 spiro atoms. The van der Waals surface area contributed by atoms with Gasteiger partial charge in [-0.05, 0) is 37.1 Å². The Morgan fingerprint density at radius 3 is 2.43 bits per heavy atom. The van der Waals surface area contributed by atoms with E-state index in [1.807, 2.05) is 6.92 Å². The van der Waals surface area contributed by atoms with Crippen LogP contribution >= 0.6 is 11.3 Å². The van der Waals surface area contributed by atoms with Crippen LogP contribution in [0.2, 0.25) is 0 Å². The highest BCUT2D eigenvalue weighted by Gasteiger charge is 2.20. The molecule has 0 saturated carbocycles. The Balaban J connectivity index is 1.67. The quantitative estimate of drug-likeness (QED) is 0.451. The molecule has 0 fully saturated rings. The molecule has 28 heavy (non-hydrogen) atoms. The van der Waals surface area contributed by atoms with E-state index in [9.17, 15) is 10.2 Å². The first-order chi connectivity index (χ1) is 13.5. The third-order valence-electron chi connectivity index (χ3n) is 4.81. The molecule has 3 N–H and O–H groups in total. The van der Waals surface area contributed by atoms with Crippen molar-refractivity contribution in [1.29, 1.82) is 0 Å². The summed E-state index contributed by atoms with van der Waals surface area (Å²) in [5.74, 6) is 0.877. The maximum Gasteiger partial charge on any atom is 0.139 e. The number of anilines is 1. The van der Waals surface area contributed by atoms with Gasteiger partial charge in [0.15, 0.2) is 0 Å². The fourth-order valence-corrected chi connectivity index (χ4v) is 4.10. The molecule has 2 aromatic carbocycles. The summed E-state index contributed by atoms with van der Waals surface area (Å²) in [4.78, 5) is 9.75. The monoisotopic (exact) mass is 391 g/mol. The van der Waals surface area contributed by atoms with E-state index in [4.69, 9.17) is 0 Å². The van der Waals surface area contributed by atoms with Crippen molar-refractivity contribution in [2.24, 2.45) is 0 Å². The molecule has 0 aliphatic rings. The summed E-state index contributed by atoms with van der Waals surface area (Å²) >= 11 is 1.58. The molecule has 0 bridgehead atoms. The van der Waals surface area contributed by atoms with Crippen LogP contribution in [0, 0.1) is 6.92 Å². The zero-order chi connectivity index (χ0) is 19.7. The molecule has 0 aliphatic carbocycles. The van der Waals surface area contributed by atoms with Crippen molar-refractivity contribution < 1.29 is 10.2 Å². The molecule has 2 aromatic heterocycles. The van der Waals surface area contributed by atoms with Gasteiger partial charge in [0.2, 0.25) is 0 Å². The van der Waals surface area contributed by atoms with Gasteiger partial charge in [0, 0.05) is 10.9 Å². The fourth-order valence-electron chi connectivity index (χ4n) is 3.18. The summed E-state index contributed by atoms with van der Waals surface area (Å²) in [5.41, 5.74) is 4.13. The molecule has 0 amide bonds. The highest BCUT2D eigenvalue weighted by atomic mass is 32.1. The highest BCUT2D eigenvalue weighted by molar-refractivity contribution is 7.17. The summed E-state index contributed by atoms with van der Waals surface area (Å²) in [6.07, 6.45) is 0.798. The Labute approximate surface area is 167 Å². The lowest BCUT2D eigenvalue weighted by atomic mass is 10.0. The number of hydrogen-bond donors (Lipinski definition) is 3. The van der Waals surface area contributed by atoms with Crippen LogP contribution in [0.1, 0.15) is 24.2 Å². The first-order valence-corrected chi connectivity index (χ1v) is 9.93. The van der Waals surface area contributed by atoms with Gasteiger partial charge in [0.1, 0.15) is 22.7 Å². The number of thiophene rings is 1. The summed E-state index contributed by atoms with van der Waals surface area (Å²) in [6, 6.07) is 14.7. The van der Waals surface area contributed by atoms with Crippen molar-refractivity contribution >= 4 is 27.4 Å². The average molecular weight is 391 g/mol. The number of nitrogens with one attached hydrogen (secondary N) is 1. The van der Waals surface area contributed by atoms with Gasteiger partial charge in [0.25, 0.3) is 0 Å². The first-order valence-electron chi connectivity index (χ1n) is 9.05. The zero-order valence-corrected chi connectivity index (χ0v) is 16.4. The van der Waals surface area contributed by atoms with Crippen LogP contribution in [0.4, 0.5) is 5.82 Å². The number of nitrogens with zero attached hydrogens (tertiary/aromatic N) is 2. The molecule has 2 unspecified atom stereocenters. The molecule has 0 saturated heterocycles. The molecule has 2 heterocycles. The number of rotatable bonds is 5. The fraction of sp³-hybridized carbons (Fsp3) is 0.182. The number of benzene rings is 2. The molecule has 0 aliphatic heterocycles. The zero-order valence-electron chi connectivity index (χ0n) is 15.6. The number of fused-ring (bicyclic) bond motifs is 1. The van der Waals surface area contributed by atoms with Gasteiger partial charge in [-0.3, -0.25) is 0 Å². The number of hydrogen-bond acceptors (Lipinski definition) is 6. The maximum atomic E-state index is 10.7. The maximum absolute atomic E-state index is 10.7. The standard InChI is InChI=1S/C22H21N3O2S/c1-13-3-5-15(6-4-13)18-11-28-22-19(18)21(23-12-24-22)25-14(2)20(27)16-7-9-17(26)10-8-16/h3-12,14,20,26-27H,1-2H3,(H,23,24,25). The summed E-state index contributed by atoms with van der Waals surface area (Å²) in [7, 11) is 0. The third kappa shape index (κ3) is 3.56. The Morgan fingerprint density at radius 1 is 1.00 bits per heavy atom. The summed E-state index contributed by atoms with van der Waals surface area (Å²) in [6.45, 7) is 3.97. The van der Waals surface area contributed by atoms with Crippen LogP contribution in [0.15, 0.2) is 60.2 Å².